The van der Waals surface area contributed by atoms with Gasteiger partial charge < -0.3 is 10.5 Å². The van der Waals surface area contributed by atoms with E-state index in [9.17, 15) is 4.79 Å². The molecule has 1 heterocycles. The fraction of sp³-hybridized carbons (Fsp3) is 0.308. The van der Waals surface area contributed by atoms with Gasteiger partial charge in [0.15, 0.2) is 4.34 Å². The van der Waals surface area contributed by atoms with Crippen molar-refractivity contribution >= 4 is 34.2 Å². The molecular weight excluding hydrogens is 294 g/mol. The average molecular weight is 309 g/mol. The Morgan fingerprint density at radius 3 is 2.80 bits per heavy atom. The molecule has 106 valence electrons. The molecule has 0 spiro atoms. The second-order valence-corrected chi connectivity index (χ2v) is 6.49. The summed E-state index contributed by atoms with van der Waals surface area (Å²) in [6, 6.07) is 9.62. The Hall–Kier alpha value is -1.60. The summed E-state index contributed by atoms with van der Waals surface area (Å²) < 4.78 is 6.04. The molecule has 1 aromatic heterocycles. The first kappa shape index (κ1) is 14.8. The van der Waals surface area contributed by atoms with Crippen molar-refractivity contribution in [2.45, 2.75) is 17.9 Å². The highest BCUT2D eigenvalue weighted by atomic mass is 32.2. The standard InChI is InChI=1S/C13H15N3O2S2/c1-9(8-19-13-16-15-12(14)20-13)11(17)18-7-10-5-3-2-4-6-10/h2-6,9H,7-8H2,1H3,(H2,14,15). The lowest BCUT2D eigenvalue weighted by atomic mass is 10.2. The van der Waals surface area contributed by atoms with E-state index in [1.165, 1.54) is 23.1 Å². The van der Waals surface area contributed by atoms with Crippen molar-refractivity contribution in [1.29, 1.82) is 0 Å². The molecule has 1 atom stereocenters. The molecule has 2 N–H and O–H groups in total. The molecule has 5 nitrogen and oxygen atoms in total. The number of benzene rings is 1. The van der Waals surface area contributed by atoms with Crippen LogP contribution in [0.25, 0.3) is 0 Å². The van der Waals surface area contributed by atoms with Gasteiger partial charge in [-0.25, -0.2) is 0 Å². The van der Waals surface area contributed by atoms with Gasteiger partial charge in [-0.2, -0.15) is 0 Å². The largest absolute Gasteiger partial charge is 0.461 e. The molecule has 20 heavy (non-hydrogen) atoms. The zero-order valence-electron chi connectivity index (χ0n) is 11.0. The van der Waals surface area contributed by atoms with E-state index in [0.717, 1.165) is 9.90 Å². The second-order valence-electron chi connectivity index (χ2n) is 4.21. The van der Waals surface area contributed by atoms with Gasteiger partial charge in [0.2, 0.25) is 5.13 Å². The van der Waals surface area contributed by atoms with Gasteiger partial charge in [0.1, 0.15) is 6.61 Å². The van der Waals surface area contributed by atoms with E-state index in [1.807, 2.05) is 37.3 Å². The Morgan fingerprint density at radius 2 is 2.15 bits per heavy atom. The highest BCUT2D eigenvalue weighted by Crippen LogP contribution is 2.25. The van der Waals surface area contributed by atoms with E-state index in [-0.39, 0.29) is 11.9 Å². The van der Waals surface area contributed by atoms with Crippen LogP contribution in [0.5, 0.6) is 0 Å². The van der Waals surface area contributed by atoms with Gasteiger partial charge in [-0.15, -0.1) is 10.2 Å². The fourth-order valence-electron chi connectivity index (χ4n) is 1.41. The van der Waals surface area contributed by atoms with E-state index in [0.29, 0.717) is 17.5 Å². The molecule has 0 aliphatic rings. The molecule has 0 aliphatic heterocycles. The van der Waals surface area contributed by atoms with Crippen LogP contribution in [0.3, 0.4) is 0 Å². The number of nitrogens with two attached hydrogens (primary N) is 1. The van der Waals surface area contributed by atoms with Gasteiger partial charge in [0, 0.05) is 5.75 Å². The summed E-state index contributed by atoms with van der Waals surface area (Å²) >= 11 is 2.78. The molecule has 0 amide bonds. The lowest BCUT2D eigenvalue weighted by molar-refractivity contribution is -0.148. The van der Waals surface area contributed by atoms with Crippen molar-refractivity contribution < 1.29 is 9.53 Å². The summed E-state index contributed by atoms with van der Waals surface area (Å²) in [6.07, 6.45) is 0. The highest BCUT2D eigenvalue weighted by Gasteiger charge is 2.16. The van der Waals surface area contributed by atoms with Crippen LogP contribution < -0.4 is 5.73 Å². The van der Waals surface area contributed by atoms with Gasteiger partial charge in [-0.1, -0.05) is 60.4 Å². The number of esters is 1. The summed E-state index contributed by atoms with van der Waals surface area (Å²) in [7, 11) is 0. The van der Waals surface area contributed by atoms with Gasteiger partial charge in [0.05, 0.1) is 5.92 Å². The molecule has 2 aromatic rings. The minimum Gasteiger partial charge on any atom is -0.461 e. The van der Waals surface area contributed by atoms with Crippen LogP contribution in [0.2, 0.25) is 0 Å². The number of rotatable bonds is 6. The number of thioether (sulfide) groups is 1. The van der Waals surface area contributed by atoms with Crippen LogP contribution in [0.1, 0.15) is 12.5 Å². The average Bonchev–Trinajstić information content (AvgIpc) is 2.89. The Balaban J connectivity index is 1.74. The Morgan fingerprint density at radius 1 is 1.40 bits per heavy atom. The molecule has 0 aliphatic carbocycles. The molecule has 1 aromatic carbocycles. The molecule has 0 fully saturated rings. The fourth-order valence-corrected chi connectivity index (χ4v) is 3.08. The number of hydrogen-bond donors (Lipinski definition) is 1. The van der Waals surface area contributed by atoms with Crippen LogP contribution in [-0.2, 0) is 16.1 Å². The van der Waals surface area contributed by atoms with Crippen molar-refractivity contribution in [3.63, 3.8) is 0 Å². The Kier molecular flexibility index (Phi) is 5.37. The first-order valence-electron chi connectivity index (χ1n) is 6.07. The summed E-state index contributed by atoms with van der Waals surface area (Å²) in [6.45, 7) is 2.14. The lowest BCUT2D eigenvalue weighted by Crippen LogP contribution is -2.16. The molecule has 1 unspecified atom stereocenters. The number of carbonyl (C=O) groups excluding carboxylic acids is 1. The minimum absolute atomic E-state index is 0.200. The third-order valence-corrected chi connectivity index (χ3v) is 4.65. The minimum atomic E-state index is -0.209. The first-order valence-corrected chi connectivity index (χ1v) is 7.87. The molecule has 7 heteroatoms. The van der Waals surface area contributed by atoms with E-state index in [4.69, 9.17) is 10.5 Å². The van der Waals surface area contributed by atoms with Crippen molar-refractivity contribution in [1.82, 2.24) is 10.2 Å². The monoisotopic (exact) mass is 309 g/mol. The van der Waals surface area contributed by atoms with E-state index < -0.39 is 0 Å². The molecule has 0 saturated heterocycles. The highest BCUT2D eigenvalue weighted by molar-refractivity contribution is 8.01. The van der Waals surface area contributed by atoms with Crippen molar-refractivity contribution in [3.8, 4) is 0 Å². The maximum Gasteiger partial charge on any atom is 0.309 e. The maximum absolute atomic E-state index is 11.8. The van der Waals surface area contributed by atoms with Crippen LogP contribution in [0.4, 0.5) is 5.13 Å². The maximum atomic E-state index is 11.8. The van der Waals surface area contributed by atoms with Gasteiger partial charge in [-0.05, 0) is 5.56 Å². The van der Waals surface area contributed by atoms with Crippen LogP contribution >= 0.6 is 23.1 Å². The summed E-state index contributed by atoms with van der Waals surface area (Å²) in [5.41, 5.74) is 6.48. The summed E-state index contributed by atoms with van der Waals surface area (Å²) in [5.74, 6) is 0.190. The Bertz CT molecular complexity index is 560. The lowest BCUT2D eigenvalue weighted by Gasteiger charge is -2.10. The van der Waals surface area contributed by atoms with Crippen molar-refractivity contribution in [2.24, 2.45) is 5.92 Å². The molecule has 2 rings (SSSR count). The number of carbonyl (C=O) groups is 1. The molecule has 0 radical (unpaired) electrons. The normalized spacial score (nSPS) is 12.1. The summed E-state index contributed by atoms with van der Waals surface area (Å²) in [5, 5.41) is 8.06. The second kappa shape index (κ2) is 7.25. The van der Waals surface area contributed by atoms with E-state index >= 15 is 0 Å². The number of nitrogens with zero attached hydrogens (tertiary/aromatic N) is 2. The third kappa shape index (κ3) is 4.50. The number of anilines is 1. The quantitative estimate of drug-likeness (QED) is 0.653. The van der Waals surface area contributed by atoms with Crippen LogP contribution in [0, 0.1) is 5.92 Å². The topological polar surface area (TPSA) is 78.1 Å². The number of nitrogen functional groups attached to an aromatic ring is 1. The number of hydrogen-bond acceptors (Lipinski definition) is 7. The van der Waals surface area contributed by atoms with Gasteiger partial charge in [-0.3, -0.25) is 4.79 Å². The predicted molar refractivity (Wildman–Crippen MR) is 80.4 cm³/mol. The zero-order valence-corrected chi connectivity index (χ0v) is 12.6. The smallest absolute Gasteiger partial charge is 0.309 e. The molecule has 0 saturated carbocycles. The summed E-state index contributed by atoms with van der Waals surface area (Å²) in [4.78, 5) is 11.8. The van der Waals surface area contributed by atoms with Crippen LogP contribution in [0.15, 0.2) is 34.7 Å². The third-order valence-electron chi connectivity index (χ3n) is 2.51. The van der Waals surface area contributed by atoms with Crippen molar-refractivity contribution in [3.05, 3.63) is 35.9 Å². The SMILES string of the molecule is CC(CSc1nnc(N)s1)C(=O)OCc1ccccc1. The molecular formula is C13H15N3O2S2. The van der Waals surface area contributed by atoms with E-state index in [2.05, 4.69) is 10.2 Å². The van der Waals surface area contributed by atoms with Crippen LogP contribution in [-0.4, -0.2) is 21.9 Å². The van der Waals surface area contributed by atoms with Crippen molar-refractivity contribution in [2.75, 3.05) is 11.5 Å². The number of ether oxygens (including phenoxy) is 1. The van der Waals surface area contributed by atoms with Gasteiger partial charge in [0.25, 0.3) is 0 Å². The predicted octanol–water partition coefficient (Wildman–Crippen LogP) is 2.59. The van der Waals surface area contributed by atoms with Gasteiger partial charge >= 0.3 is 5.97 Å². The number of aromatic nitrogens is 2. The zero-order chi connectivity index (χ0) is 14.4. The molecule has 0 bridgehead atoms. The Labute approximate surface area is 125 Å². The first-order chi connectivity index (χ1) is 9.65. The van der Waals surface area contributed by atoms with E-state index in [1.54, 1.807) is 0 Å².